The first-order chi connectivity index (χ1) is 12.7. The minimum atomic E-state index is -0.257. The standard InChI is InChI=1S/C18H20N6OS/c1-12-5-6-16(26-12)14-10-15(23-22-14)18(25)20-11-13-4-2-7-19-17(13)24-9-3-8-21-24/h2-9,14-15,22-23H,10-11H2,1H3,(H,20,25). The van der Waals surface area contributed by atoms with Crippen LogP contribution in [0.15, 0.2) is 48.9 Å². The maximum Gasteiger partial charge on any atom is 0.238 e. The number of hydrazine groups is 1. The van der Waals surface area contributed by atoms with Crippen molar-refractivity contribution in [3.05, 3.63) is 64.2 Å². The number of rotatable bonds is 5. The monoisotopic (exact) mass is 368 g/mol. The normalized spacial score (nSPS) is 19.6. The SMILES string of the molecule is Cc1ccc(C2CC(C(=O)NCc3cccnc3-n3cccn3)NN2)s1. The molecule has 8 heteroatoms. The van der Waals surface area contributed by atoms with Crippen LogP contribution in [0.4, 0.5) is 0 Å². The zero-order chi connectivity index (χ0) is 17.9. The second-order valence-corrected chi connectivity index (χ2v) is 7.55. The Labute approximate surface area is 155 Å². The molecule has 0 spiro atoms. The number of carbonyl (C=O) groups is 1. The minimum Gasteiger partial charge on any atom is -0.350 e. The third-order valence-electron chi connectivity index (χ3n) is 4.37. The number of aromatic nitrogens is 3. The molecule has 2 unspecified atom stereocenters. The molecule has 0 bridgehead atoms. The summed E-state index contributed by atoms with van der Waals surface area (Å²) in [7, 11) is 0. The molecule has 134 valence electrons. The van der Waals surface area contributed by atoms with Crippen LogP contribution in [-0.4, -0.2) is 26.7 Å². The van der Waals surface area contributed by atoms with E-state index in [0.29, 0.717) is 6.54 Å². The highest BCUT2D eigenvalue weighted by Gasteiger charge is 2.30. The van der Waals surface area contributed by atoms with E-state index in [-0.39, 0.29) is 18.0 Å². The lowest BCUT2D eigenvalue weighted by molar-refractivity contribution is -0.123. The Balaban J connectivity index is 1.38. The number of hydrogen-bond donors (Lipinski definition) is 3. The quantitative estimate of drug-likeness (QED) is 0.640. The van der Waals surface area contributed by atoms with Gasteiger partial charge in [0.25, 0.3) is 0 Å². The van der Waals surface area contributed by atoms with E-state index >= 15 is 0 Å². The van der Waals surface area contributed by atoms with Crippen LogP contribution < -0.4 is 16.2 Å². The second kappa shape index (κ2) is 7.36. The molecule has 2 atom stereocenters. The number of carbonyl (C=O) groups excluding carboxylic acids is 1. The number of aryl methyl sites for hydroxylation is 1. The molecule has 3 aromatic heterocycles. The van der Waals surface area contributed by atoms with Gasteiger partial charge in [-0.3, -0.25) is 4.79 Å². The van der Waals surface area contributed by atoms with Gasteiger partial charge < -0.3 is 5.32 Å². The summed E-state index contributed by atoms with van der Waals surface area (Å²) < 4.78 is 1.70. The van der Waals surface area contributed by atoms with Gasteiger partial charge in [-0.2, -0.15) is 5.10 Å². The first kappa shape index (κ1) is 16.9. The highest BCUT2D eigenvalue weighted by molar-refractivity contribution is 7.12. The Kier molecular flexibility index (Phi) is 4.79. The second-order valence-electron chi connectivity index (χ2n) is 6.23. The maximum absolute atomic E-state index is 12.5. The van der Waals surface area contributed by atoms with E-state index in [2.05, 4.69) is 45.3 Å². The van der Waals surface area contributed by atoms with Gasteiger partial charge >= 0.3 is 0 Å². The van der Waals surface area contributed by atoms with Crippen LogP contribution in [0.3, 0.4) is 0 Å². The molecule has 3 aromatic rings. The number of thiophene rings is 1. The van der Waals surface area contributed by atoms with E-state index in [1.165, 1.54) is 9.75 Å². The molecule has 7 nitrogen and oxygen atoms in total. The fourth-order valence-corrected chi connectivity index (χ4v) is 3.97. The van der Waals surface area contributed by atoms with Crippen LogP contribution in [0.5, 0.6) is 0 Å². The van der Waals surface area contributed by atoms with Gasteiger partial charge in [-0.05, 0) is 37.6 Å². The van der Waals surface area contributed by atoms with Gasteiger partial charge in [0.15, 0.2) is 5.82 Å². The van der Waals surface area contributed by atoms with Gasteiger partial charge in [0.05, 0.1) is 6.04 Å². The molecule has 0 aromatic carbocycles. The van der Waals surface area contributed by atoms with Crippen molar-refractivity contribution in [3.8, 4) is 5.82 Å². The van der Waals surface area contributed by atoms with Crippen molar-refractivity contribution in [2.45, 2.75) is 32.0 Å². The van der Waals surface area contributed by atoms with Crippen molar-refractivity contribution in [2.75, 3.05) is 0 Å². The molecule has 4 heterocycles. The highest BCUT2D eigenvalue weighted by atomic mass is 32.1. The third-order valence-corrected chi connectivity index (χ3v) is 5.48. The van der Waals surface area contributed by atoms with E-state index in [0.717, 1.165) is 17.8 Å². The molecule has 0 radical (unpaired) electrons. The lowest BCUT2D eigenvalue weighted by atomic mass is 10.1. The summed E-state index contributed by atoms with van der Waals surface area (Å²) in [4.78, 5) is 19.4. The summed E-state index contributed by atoms with van der Waals surface area (Å²) in [5, 5.41) is 7.22. The van der Waals surface area contributed by atoms with E-state index in [1.54, 1.807) is 28.4 Å². The number of hydrogen-bond acceptors (Lipinski definition) is 6. The average molecular weight is 368 g/mol. The van der Waals surface area contributed by atoms with Crippen molar-refractivity contribution in [1.29, 1.82) is 0 Å². The van der Waals surface area contributed by atoms with Crippen LogP contribution >= 0.6 is 11.3 Å². The predicted molar refractivity (Wildman–Crippen MR) is 99.7 cm³/mol. The molecule has 1 amide bonds. The predicted octanol–water partition coefficient (Wildman–Crippen LogP) is 1.86. The van der Waals surface area contributed by atoms with Gasteiger partial charge in [0, 0.05) is 40.5 Å². The molecule has 4 rings (SSSR count). The first-order valence-corrected chi connectivity index (χ1v) is 9.31. The fourth-order valence-electron chi connectivity index (χ4n) is 3.03. The van der Waals surface area contributed by atoms with Crippen molar-refractivity contribution in [2.24, 2.45) is 0 Å². The molecule has 0 aliphatic carbocycles. The lowest BCUT2D eigenvalue weighted by Gasteiger charge is -2.12. The van der Waals surface area contributed by atoms with Crippen molar-refractivity contribution in [3.63, 3.8) is 0 Å². The Morgan fingerprint density at radius 1 is 1.31 bits per heavy atom. The van der Waals surface area contributed by atoms with Crippen LogP contribution in [0.1, 0.15) is 27.8 Å². The Morgan fingerprint density at radius 2 is 2.23 bits per heavy atom. The molecule has 26 heavy (non-hydrogen) atoms. The molecule has 1 fully saturated rings. The molecule has 1 aliphatic rings. The van der Waals surface area contributed by atoms with Gasteiger partial charge in [-0.25, -0.2) is 20.5 Å². The van der Waals surface area contributed by atoms with Gasteiger partial charge in [-0.15, -0.1) is 11.3 Å². The summed E-state index contributed by atoms with van der Waals surface area (Å²) in [6, 6.07) is 9.79. The van der Waals surface area contributed by atoms with Crippen molar-refractivity contribution >= 4 is 17.2 Å². The van der Waals surface area contributed by atoms with Gasteiger partial charge in [0.2, 0.25) is 5.91 Å². The van der Waals surface area contributed by atoms with Gasteiger partial charge in [0.1, 0.15) is 6.04 Å². The third kappa shape index (κ3) is 3.52. The molecule has 0 saturated carbocycles. The van der Waals surface area contributed by atoms with Crippen molar-refractivity contribution in [1.82, 2.24) is 30.9 Å². The van der Waals surface area contributed by atoms with Gasteiger partial charge in [-0.1, -0.05) is 6.07 Å². The zero-order valence-corrected chi connectivity index (χ0v) is 15.2. The van der Waals surface area contributed by atoms with Crippen LogP contribution in [-0.2, 0) is 11.3 Å². The van der Waals surface area contributed by atoms with E-state index in [4.69, 9.17) is 0 Å². The largest absolute Gasteiger partial charge is 0.350 e. The highest BCUT2D eigenvalue weighted by Crippen LogP contribution is 2.28. The molecule has 1 saturated heterocycles. The number of nitrogens with one attached hydrogen (secondary N) is 3. The van der Waals surface area contributed by atoms with Crippen molar-refractivity contribution < 1.29 is 4.79 Å². The number of amides is 1. The molecule has 1 aliphatic heterocycles. The topological polar surface area (TPSA) is 83.9 Å². The smallest absolute Gasteiger partial charge is 0.238 e. The van der Waals surface area contributed by atoms with Crippen LogP contribution in [0, 0.1) is 6.92 Å². The Hall–Kier alpha value is -2.55. The molecular formula is C18H20N6OS. The lowest BCUT2D eigenvalue weighted by Crippen LogP contribution is -2.43. The summed E-state index contributed by atoms with van der Waals surface area (Å²) in [5.74, 6) is 0.700. The Bertz CT molecular complexity index is 891. The summed E-state index contributed by atoms with van der Waals surface area (Å²) in [5.41, 5.74) is 7.24. The number of nitrogens with zero attached hydrogens (tertiary/aromatic N) is 3. The minimum absolute atomic E-state index is 0.0245. The van der Waals surface area contributed by atoms with Crippen LogP contribution in [0.25, 0.3) is 5.82 Å². The molecule has 3 N–H and O–H groups in total. The maximum atomic E-state index is 12.5. The average Bonchev–Trinajstić information content (AvgIpc) is 3.40. The zero-order valence-electron chi connectivity index (χ0n) is 14.3. The fraction of sp³-hybridized carbons (Fsp3) is 0.278. The van der Waals surface area contributed by atoms with E-state index < -0.39 is 0 Å². The van der Waals surface area contributed by atoms with E-state index in [9.17, 15) is 4.79 Å². The van der Waals surface area contributed by atoms with E-state index in [1.807, 2.05) is 24.4 Å². The number of pyridine rings is 1. The summed E-state index contributed by atoms with van der Waals surface area (Å²) in [6.45, 7) is 2.49. The molecular weight excluding hydrogens is 348 g/mol. The first-order valence-electron chi connectivity index (χ1n) is 8.50. The van der Waals surface area contributed by atoms with Crippen LogP contribution in [0.2, 0.25) is 0 Å². The summed E-state index contributed by atoms with van der Waals surface area (Å²) >= 11 is 1.76. The Morgan fingerprint density at radius 3 is 3.00 bits per heavy atom. The summed E-state index contributed by atoms with van der Waals surface area (Å²) in [6.07, 6.45) is 5.99.